The van der Waals surface area contributed by atoms with Crippen LogP contribution in [0.2, 0.25) is 0 Å². The Bertz CT molecular complexity index is 885. The lowest BCUT2D eigenvalue weighted by Gasteiger charge is -2.24. The van der Waals surface area contributed by atoms with Gasteiger partial charge in [-0.15, -0.1) is 11.3 Å². The predicted octanol–water partition coefficient (Wildman–Crippen LogP) is 3.13. The van der Waals surface area contributed by atoms with E-state index in [0.717, 1.165) is 15.3 Å². The molecule has 1 aliphatic rings. The zero-order valence-electron chi connectivity index (χ0n) is 16.5. The number of nitrogens with one attached hydrogen (secondary N) is 2. The quantitative estimate of drug-likeness (QED) is 0.758. The summed E-state index contributed by atoms with van der Waals surface area (Å²) >= 11 is 1.53. The van der Waals surface area contributed by atoms with E-state index in [1.54, 1.807) is 6.92 Å². The predicted molar refractivity (Wildman–Crippen MR) is 109 cm³/mol. The molecule has 3 rings (SSSR count). The first kappa shape index (κ1) is 20.1. The molecule has 2 N–H and O–H groups in total. The molecular formula is C21H25N3O3S. The number of nitrogens with zero attached hydrogens (tertiary/aromatic N) is 1. The van der Waals surface area contributed by atoms with E-state index in [4.69, 9.17) is 0 Å². The normalized spacial score (nSPS) is 19.6. The second-order valence-electron chi connectivity index (χ2n) is 8.13. The van der Waals surface area contributed by atoms with Gasteiger partial charge in [-0.05, 0) is 34.9 Å². The zero-order chi connectivity index (χ0) is 20.5. The summed E-state index contributed by atoms with van der Waals surface area (Å²) in [7, 11) is 0. The molecule has 0 bridgehead atoms. The fourth-order valence-electron chi connectivity index (χ4n) is 3.14. The third-order valence-corrected chi connectivity index (χ3v) is 5.82. The van der Waals surface area contributed by atoms with Crippen LogP contribution in [0.4, 0.5) is 4.79 Å². The minimum atomic E-state index is -1.18. The van der Waals surface area contributed by atoms with Gasteiger partial charge in [-0.1, -0.05) is 51.1 Å². The molecule has 2 heterocycles. The first-order chi connectivity index (χ1) is 13.1. The van der Waals surface area contributed by atoms with E-state index in [1.165, 1.54) is 11.3 Å². The van der Waals surface area contributed by atoms with Gasteiger partial charge >= 0.3 is 6.03 Å². The smallest absolute Gasteiger partial charge is 0.325 e. The van der Waals surface area contributed by atoms with Gasteiger partial charge in [0.1, 0.15) is 12.1 Å². The van der Waals surface area contributed by atoms with Gasteiger partial charge in [-0.25, -0.2) is 4.79 Å². The van der Waals surface area contributed by atoms with Crippen LogP contribution in [0.1, 0.15) is 43.7 Å². The largest absolute Gasteiger partial charge is 0.350 e. The number of rotatable bonds is 5. The molecule has 7 heteroatoms. The van der Waals surface area contributed by atoms with Gasteiger partial charge in [0.15, 0.2) is 0 Å². The van der Waals surface area contributed by atoms with Crippen molar-refractivity contribution in [2.75, 3.05) is 6.54 Å². The van der Waals surface area contributed by atoms with Gasteiger partial charge < -0.3 is 10.6 Å². The van der Waals surface area contributed by atoms with Gasteiger partial charge in [0.2, 0.25) is 5.91 Å². The van der Waals surface area contributed by atoms with Crippen molar-refractivity contribution in [1.29, 1.82) is 0 Å². The fraction of sp³-hybridized carbons (Fsp3) is 0.381. The molecule has 0 spiro atoms. The van der Waals surface area contributed by atoms with Gasteiger partial charge in [0, 0.05) is 4.88 Å². The van der Waals surface area contributed by atoms with Crippen molar-refractivity contribution in [1.82, 2.24) is 15.5 Å². The van der Waals surface area contributed by atoms with Crippen molar-refractivity contribution in [3.63, 3.8) is 0 Å². The summed E-state index contributed by atoms with van der Waals surface area (Å²) in [6.07, 6.45) is 0. The highest BCUT2D eigenvalue weighted by Gasteiger charge is 2.49. The molecule has 4 amide bonds. The lowest BCUT2D eigenvalue weighted by molar-refractivity contribution is -0.134. The first-order valence-electron chi connectivity index (χ1n) is 9.15. The molecule has 1 saturated heterocycles. The van der Waals surface area contributed by atoms with E-state index in [0.29, 0.717) is 12.1 Å². The Balaban J connectivity index is 1.70. The molecule has 1 atom stereocenters. The number of hydrogen-bond acceptors (Lipinski definition) is 4. The van der Waals surface area contributed by atoms with Crippen molar-refractivity contribution < 1.29 is 14.4 Å². The number of urea groups is 1. The number of benzene rings is 1. The van der Waals surface area contributed by atoms with Crippen molar-refractivity contribution >= 4 is 29.2 Å². The second-order valence-corrected chi connectivity index (χ2v) is 9.16. The van der Waals surface area contributed by atoms with E-state index < -0.39 is 17.5 Å². The van der Waals surface area contributed by atoms with Crippen LogP contribution in [0.5, 0.6) is 0 Å². The first-order valence-corrected chi connectivity index (χ1v) is 10.0. The fourth-order valence-corrected chi connectivity index (χ4v) is 3.78. The highest BCUT2D eigenvalue weighted by molar-refractivity contribution is 7.09. The van der Waals surface area contributed by atoms with E-state index in [1.807, 2.05) is 41.8 Å². The lowest BCUT2D eigenvalue weighted by Crippen LogP contribution is -2.43. The summed E-state index contributed by atoms with van der Waals surface area (Å²) in [6, 6.07) is 10.9. The molecule has 2 aromatic rings. The lowest BCUT2D eigenvalue weighted by atomic mass is 9.84. The maximum Gasteiger partial charge on any atom is 0.325 e. The monoisotopic (exact) mass is 399 g/mol. The number of imide groups is 1. The summed E-state index contributed by atoms with van der Waals surface area (Å²) in [5.41, 5.74) is 0.651. The topological polar surface area (TPSA) is 78.5 Å². The summed E-state index contributed by atoms with van der Waals surface area (Å²) in [5.74, 6) is -0.795. The van der Waals surface area contributed by atoms with Crippen LogP contribution >= 0.6 is 11.3 Å². The van der Waals surface area contributed by atoms with Crippen molar-refractivity contribution in [2.24, 2.45) is 0 Å². The average molecular weight is 400 g/mol. The number of carbonyl (C=O) groups excluding carboxylic acids is 3. The molecule has 0 radical (unpaired) electrons. The molecule has 28 heavy (non-hydrogen) atoms. The van der Waals surface area contributed by atoms with E-state index in [9.17, 15) is 14.4 Å². The van der Waals surface area contributed by atoms with Crippen LogP contribution in [0.25, 0.3) is 0 Å². The number of thiophene rings is 1. The van der Waals surface area contributed by atoms with E-state index >= 15 is 0 Å². The Morgan fingerprint density at radius 2 is 1.86 bits per heavy atom. The Kier molecular flexibility index (Phi) is 5.30. The molecule has 1 aromatic carbocycles. The zero-order valence-corrected chi connectivity index (χ0v) is 17.4. The second kappa shape index (κ2) is 7.39. The van der Waals surface area contributed by atoms with Crippen LogP contribution in [0.15, 0.2) is 41.8 Å². The highest BCUT2D eigenvalue weighted by Crippen LogP contribution is 2.31. The molecule has 0 saturated carbocycles. The van der Waals surface area contributed by atoms with Crippen LogP contribution in [-0.2, 0) is 27.1 Å². The van der Waals surface area contributed by atoms with E-state index in [-0.39, 0.29) is 17.9 Å². The third-order valence-electron chi connectivity index (χ3n) is 4.94. The van der Waals surface area contributed by atoms with Gasteiger partial charge in [-0.3, -0.25) is 14.5 Å². The summed E-state index contributed by atoms with van der Waals surface area (Å²) < 4.78 is 0. The van der Waals surface area contributed by atoms with Gasteiger partial charge in [0.05, 0.1) is 6.54 Å². The minimum Gasteiger partial charge on any atom is -0.350 e. The van der Waals surface area contributed by atoms with Crippen molar-refractivity contribution in [3.05, 3.63) is 57.8 Å². The van der Waals surface area contributed by atoms with Crippen LogP contribution < -0.4 is 10.6 Å². The Morgan fingerprint density at radius 1 is 1.18 bits per heavy atom. The van der Waals surface area contributed by atoms with Crippen molar-refractivity contribution in [3.8, 4) is 0 Å². The summed E-state index contributed by atoms with van der Waals surface area (Å²) in [4.78, 5) is 39.5. The standard InChI is InChI=1S/C21H25N3O3S/c1-20(2,3)14-7-9-15(10-8-14)21(4)18(26)24(19(27)23-21)13-17(25)22-12-16-6-5-11-28-16/h5-11H,12-13H2,1-4H3,(H,22,25)(H,23,27)/t21-/m0/s1. The highest BCUT2D eigenvalue weighted by atomic mass is 32.1. The third kappa shape index (κ3) is 3.94. The SMILES string of the molecule is CC(C)(C)c1ccc([C@]2(C)NC(=O)N(CC(=O)NCc3cccs3)C2=O)cc1. The molecule has 1 aliphatic heterocycles. The maximum absolute atomic E-state index is 13.0. The summed E-state index contributed by atoms with van der Waals surface area (Å²) in [5, 5.41) is 7.41. The van der Waals surface area contributed by atoms with Crippen LogP contribution in [0.3, 0.4) is 0 Å². The Labute approximate surface area is 168 Å². The molecule has 1 fully saturated rings. The van der Waals surface area contributed by atoms with Gasteiger partial charge in [0.25, 0.3) is 5.91 Å². The van der Waals surface area contributed by atoms with Gasteiger partial charge in [-0.2, -0.15) is 0 Å². The molecule has 6 nitrogen and oxygen atoms in total. The average Bonchev–Trinajstić information content (AvgIpc) is 3.23. The molecule has 0 unspecified atom stereocenters. The number of hydrogen-bond donors (Lipinski definition) is 2. The minimum absolute atomic E-state index is 0.00491. The van der Waals surface area contributed by atoms with Crippen molar-refractivity contribution in [2.45, 2.75) is 45.2 Å². The molecular weight excluding hydrogens is 374 g/mol. The molecule has 1 aromatic heterocycles. The molecule has 0 aliphatic carbocycles. The Hall–Kier alpha value is -2.67. The summed E-state index contributed by atoms with van der Waals surface area (Å²) in [6.45, 7) is 8.09. The van der Waals surface area contributed by atoms with E-state index in [2.05, 4.69) is 31.4 Å². The molecule has 148 valence electrons. The number of amides is 4. The van der Waals surface area contributed by atoms with Crippen LogP contribution in [0, 0.1) is 0 Å². The Morgan fingerprint density at radius 3 is 2.43 bits per heavy atom. The number of carbonyl (C=O) groups is 3. The maximum atomic E-state index is 13.0. The van der Waals surface area contributed by atoms with Crippen LogP contribution in [-0.4, -0.2) is 29.3 Å².